The number of carbonyl (C=O) groups is 2. The number of rotatable bonds is 9. The van der Waals surface area contributed by atoms with E-state index in [4.69, 9.17) is 23.2 Å². The first-order valence-electron chi connectivity index (χ1n) is 12.0. The Balaban J connectivity index is 2.08. The number of anilines is 1. The number of benzene rings is 3. The van der Waals surface area contributed by atoms with Crippen molar-refractivity contribution in [1.82, 2.24) is 10.2 Å². The van der Waals surface area contributed by atoms with Gasteiger partial charge in [-0.3, -0.25) is 13.9 Å². The Morgan fingerprint density at radius 1 is 0.895 bits per heavy atom. The number of aryl methyl sites for hydroxylation is 3. The molecule has 0 bridgehead atoms. The number of carbonyl (C=O) groups excluding carboxylic acids is 2. The summed E-state index contributed by atoms with van der Waals surface area (Å²) in [4.78, 5) is 27.8. The van der Waals surface area contributed by atoms with Crippen LogP contribution in [0, 0.1) is 20.8 Å². The fourth-order valence-electron chi connectivity index (χ4n) is 3.97. The van der Waals surface area contributed by atoms with Crippen molar-refractivity contribution in [2.24, 2.45) is 0 Å². The normalized spacial score (nSPS) is 12.1. The Bertz CT molecular complexity index is 1440. The van der Waals surface area contributed by atoms with Crippen molar-refractivity contribution in [3.63, 3.8) is 0 Å². The molecule has 0 aliphatic heterocycles. The lowest BCUT2D eigenvalue weighted by atomic mass is 10.1. The summed E-state index contributed by atoms with van der Waals surface area (Å²) < 4.78 is 28.9. The van der Waals surface area contributed by atoms with E-state index in [2.05, 4.69) is 5.32 Å². The maximum Gasteiger partial charge on any atom is 0.264 e. The molecule has 0 saturated heterocycles. The van der Waals surface area contributed by atoms with Gasteiger partial charge in [0.1, 0.15) is 12.6 Å². The predicted octanol–water partition coefficient (Wildman–Crippen LogP) is 5.28. The fourth-order valence-corrected chi connectivity index (χ4v) is 5.76. The smallest absolute Gasteiger partial charge is 0.264 e. The largest absolute Gasteiger partial charge is 0.357 e. The molecule has 1 unspecified atom stereocenters. The van der Waals surface area contributed by atoms with E-state index in [9.17, 15) is 18.0 Å². The van der Waals surface area contributed by atoms with E-state index in [1.54, 1.807) is 50.2 Å². The second kappa shape index (κ2) is 12.2. The van der Waals surface area contributed by atoms with Gasteiger partial charge in [0.2, 0.25) is 11.8 Å². The summed E-state index contributed by atoms with van der Waals surface area (Å²) in [7, 11) is -2.65. The first kappa shape index (κ1) is 29.5. The van der Waals surface area contributed by atoms with Gasteiger partial charge in [0.05, 0.1) is 20.6 Å². The molecule has 0 aliphatic rings. The third-order valence-corrected chi connectivity index (χ3v) is 8.78. The van der Waals surface area contributed by atoms with Crippen LogP contribution in [0.5, 0.6) is 0 Å². The average Bonchev–Trinajstić information content (AvgIpc) is 2.88. The lowest BCUT2D eigenvalue weighted by Gasteiger charge is -2.32. The van der Waals surface area contributed by atoms with Gasteiger partial charge < -0.3 is 10.2 Å². The zero-order valence-corrected chi connectivity index (χ0v) is 24.3. The predicted molar refractivity (Wildman–Crippen MR) is 152 cm³/mol. The van der Waals surface area contributed by atoms with E-state index in [1.165, 1.54) is 24.1 Å². The molecule has 7 nitrogen and oxygen atoms in total. The Morgan fingerprint density at radius 3 is 2.13 bits per heavy atom. The summed E-state index contributed by atoms with van der Waals surface area (Å²) >= 11 is 12.2. The molecule has 0 spiro atoms. The quantitative estimate of drug-likeness (QED) is 0.376. The van der Waals surface area contributed by atoms with E-state index in [-0.39, 0.29) is 11.4 Å². The van der Waals surface area contributed by atoms with Crippen molar-refractivity contribution in [2.45, 2.75) is 45.2 Å². The van der Waals surface area contributed by atoms with Crippen LogP contribution in [0.4, 0.5) is 5.69 Å². The van der Waals surface area contributed by atoms with Crippen LogP contribution in [0.2, 0.25) is 10.0 Å². The van der Waals surface area contributed by atoms with Crippen molar-refractivity contribution >= 4 is 50.7 Å². The first-order chi connectivity index (χ1) is 17.8. The van der Waals surface area contributed by atoms with Crippen molar-refractivity contribution < 1.29 is 18.0 Å². The highest BCUT2D eigenvalue weighted by Gasteiger charge is 2.33. The highest BCUT2D eigenvalue weighted by atomic mass is 35.5. The zero-order valence-electron chi connectivity index (χ0n) is 22.0. The number of nitrogens with zero attached hydrogens (tertiary/aromatic N) is 2. The molecule has 0 radical (unpaired) electrons. The number of halogens is 2. The lowest BCUT2D eigenvalue weighted by molar-refractivity contribution is -0.139. The fraction of sp³-hybridized carbons (Fsp3) is 0.286. The third-order valence-electron chi connectivity index (χ3n) is 6.27. The van der Waals surface area contributed by atoms with Crippen LogP contribution < -0.4 is 9.62 Å². The highest BCUT2D eigenvalue weighted by molar-refractivity contribution is 7.92. The third kappa shape index (κ3) is 6.67. The van der Waals surface area contributed by atoms with Crippen LogP contribution in [0.25, 0.3) is 0 Å². The second-order valence-corrected chi connectivity index (χ2v) is 11.9. The Morgan fingerprint density at radius 2 is 1.53 bits per heavy atom. The minimum atomic E-state index is -4.13. The number of sulfonamides is 1. The van der Waals surface area contributed by atoms with Gasteiger partial charge in [-0.05, 0) is 74.7 Å². The highest BCUT2D eigenvalue weighted by Crippen LogP contribution is 2.29. The van der Waals surface area contributed by atoms with Crippen LogP contribution >= 0.6 is 23.2 Å². The minimum Gasteiger partial charge on any atom is -0.357 e. The van der Waals surface area contributed by atoms with Crippen molar-refractivity contribution in [3.05, 3.63) is 93.0 Å². The first-order valence-corrected chi connectivity index (χ1v) is 14.2. The van der Waals surface area contributed by atoms with E-state index in [0.717, 1.165) is 15.4 Å². The molecule has 0 saturated carbocycles. The van der Waals surface area contributed by atoms with Crippen LogP contribution in [-0.2, 0) is 26.2 Å². The molecule has 1 N–H and O–H groups in total. The average molecular weight is 577 g/mol. The molecule has 0 aliphatic carbocycles. The maximum absolute atomic E-state index is 13.9. The van der Waals surface area contributed by atoms with Gasteiger partial charge in [-0.15, -0.1) is 0 Å². The summed E-state index contributed by atoms with van der Waals surface area (Å²) in [6.07, 6.45) is 0. The molecule has 38 heavy (non-hydrogen) atoms. The van der Waals surface area contributed by atoms with Gasteiger partial charge in [-0.1, -0.05) is 59.1 Å². The molecule has 0 aromatic heterocycles. The lowest BCUT2D eigenvalue weighted by Crippen LogP contribution is -2.50. The number of hydrogen-bond acceptors (Lipinski definition) is 4. The summed E-state index contributed by atoms with van der Waals surface area (Å²) in [5.41, 5.74) is 3.47. The molecule has 0 heterocycles. The Labute approximate surface area is 234 Å². The SMILES string of the molecule is CNC(=O)C(C)N(Cc1ccc(Cl)c(Cl)c1)C(=O)CN(c1cc(C)ccc1C)S(=O)(=O)c1ccc(C)cc1. The number of nitrogens with one attached hydrogen (secondary N) is 1. The van der Waals surface area contributed by atoms with Crippen LogP contribution in [0.15, 0.2) is 65.6 Å². The number of hydrogen-bond donors (Lipinski definition) is 1. The number of amides is 2. The molecule has 2 amide bonds. The van der Waals surface area contributed by atoms with E-state index in [0.29, 0.717) is 26.9 Å². The molecule has 202 valence electrons. The summed E-state index contributed by atoms with van der Waals surface area (Å²) in [6, 6.07) is 15.9. The van der Waals surface area contributed by atoms with Crippen molar-refractivity contribution in [2.75, 3.05) is 17.9 Å². The molecular formula is C28H31Cl2N3O4S. The van der Waals surface area contributed by atoms with Gasteiger partial charge in [-0.25, -0.2) is 8.42 Å². The van der Waals surface area contributed by atoms with Gasteiger partial charge in [-0.2, -0.15) is 0 Å². The Hall–Kier alpha value is -3.07. The Kier molecular flexibility index (Phi) is 9.46. The van der Waals surface area contributed by atoms with Gasteiger partial charge in [0.25, 0.3) is 10.0 Å². The van der Waals surface area contributed by atoms with Gasteiger partial charge in [0.15, 0.2) is 0 Å². The minimum absolute atomic E-state index is 0.0233. The molecule has 3 rings (SSSR count). The maximum atomic E-state index is 13.9. The topological polar surface area (TPSA) is 86.8 Å². The van der Waals surface area contributed by atoms with Gasteiger partial charge >= 0.3 is 0 Å². The van der Waals surface area contributed by atoms with Gasteiger partial charge in [0, 0.05) is 13.6 Å². The van der Waals surface area contributed by atoms with Crippen LogP contribution in [0.1, 0.15) is 29.2 Å². The summed E-state index contributed by atoms with van der Waals surface area (Å²) in [6.45, 7) is 6.61. The monoisotopic (exact) mass is 575 g/mol. The number of likely N-dealkylation sites (N-methyl/N-ethyl adjacent to an activating group) is 1. The molecule has 3 aromatic carbocycles. The van der Waals surface area contributed by atoms with E-state index < -0.39 is 34.4 Å². The van der Waals surface area contributed by atoms with Crippen LogP contribution in [0.3, 0.4) is 0 Å². The second-order valence-electron chi connectivity index (χ2n) is 9.17. The summed E-state index contributed by atoms with van der Waals surface area (Å²) in [5.74, 6) is -0.943. The molecule has 0 fully saturated rings. The molecule has 1 atom stereocenters. The molecular weight excluding hydrogens is 545 g/mol. The van der Waals surface area contributed by atoms with E-state index >= 15 is 0 Å². The molecule has 3 aromatic rings. The molecule has 10 heteroatoms. The van der Waals surface area contributed by atoms with E-state index in [1.807, 2.05) is 26.0 Å². The summed E-state index contributed by atoms with van der Waals surface area (Å²) in [5, 5.41) is 3.23. The van der Waals surface area contributed by atoms with Crippen molar-refractivity contribution in [3.8, 4) is 0 Å². The van der Waals surface area contributed by atoms with Crippen molar-refractivity contribution in [1.29, 1.82) is 0 Å². The zero-order chi connectivity index (χ0) is 28.2. The standard InChI is InChI=1S/C28H31Cl2N3O4S/c1-18-7-11-23(12-8-18)38(36,37)33(26-14-19(2)6-9-20(26)3)17-27(34)32(21(4)28(35)31-5)16-22-10-13-24(29)25(30)15-22/h6-15,21H,16-17H2,1-5H3,(H,31,35). The van der Waals surface area contributed by atoms with Crippen LogP contribution in [-0.4, -0.2) is 44.8 Å².